The van der Waals surface area contributed by atoms with E-state index >= 15 is 0 Å². The molecule has 0 aromatic heterocycles. The Balaban J connectivity index is 1.87. The topological polar surface area (TPSA) is 56.7 Å². The number of rotatable bonds is 8. The van der Waals surface area contributed by atoms with Gasteiger partial charge < -0.3 is 15.5 Å². The lowest BCUT2D eigenvalue weighted by Gasteiger charge is -2.27. The number of aryl methyl sites for hydroxylation is 1. The number of nitrogens with one attached hydrogen (secondary N) is 2. The lowest BCUT2D eigenvalue weighted by Crippen LogP contribution is -2.42. The van der Waals surface area contributed by atoms with Gasteiger partial charge in [-0.3, -0.25) is 4.79 Å². The molecule has 1 saturated heterocycles. The fraction of sp³-hybridized carbons (Fsp3) is 0.600. The van der Waals surface area contributed by atoms with E-state index in [1.807, 2.05) is 0 Å². The number of nitrogens with zero attached hydrogens (tertiary/aromatic N) is 2. The van der Waals surface area contributed by atoms with Crippen molar-refractivity contribution in [2.45, 2.75) is 59.0 Å². The van der Waals surface area contributed by atoms with Crippen molar-refractivity contribution in [3.05, 3.63) is 35.4 Å². The third-order valence-electron chi connectivity index (χ3n) is 4.81. The molecule has 1 fully saturated rings. The molecule has 1 aromatic rings. The van der Waals surface area contributed by atoms with Crippen molar-refractivity contribution < 1.29 is 4.79 Å². The fourth-order valence-corrected chi connectivity index (χ4v) is 3.29. The number of amides is 1. The second kappa shape index (κ2) is 10.1. The molecule has 2 N–H and O–H groups in total. The average Bonchev–Trinajstić information content (AvgIpc) is 3.03. The van der Waals surface area contributed by atoms with Crippen LogP contribution in [0, 0.1) is 6.92 Å². The van der Waals surface area contributed by atoms with Gasteiger partial charge in [0.2, 0.25) is 5.91 Å². The monoisotopic (exact) mass is 344 g/mol. The predicted octanol–water partition coefficient (Wildman–Crippen LogP) is 2.84. The number of carbonyl (C=O) groups is 1. The highest BCUT2D eigenvalue weighted by Gasteiger charge is 2.26. The van der Waals surface area contributed by atoms with Gasteiger partial charge in [-0.25, -0.2) is 4.99 Å². The lowest BCUT2D eigenvalue weighted by atomic mass is 10.1. The zero-order valence-electron chi connectivity index (χ0n) is 15.8. The van der Waals surface area contributed by atoms with Crippen LogP contribution in [0.25, 0.3) is 0 Å². The van der Waals surface area contributed by atoms with Crippen LogP contribution >= 0.6 is 0 Å². The molecule has 0 spiro atoms. The number of guanidine groups is 1. The third-order valence-corrected chi connectivity index (χ3v) is 4.81. The predicted molar refractivity (Wildman–Crippen MR) is 104 cm³/mol. The maximum atomic E-state index is 11.9. The summed E-state index contributed by atoms with van der Waals surface area (Å²) in [5.41, 5.74) is 2.51. The first-order chi connectivity index (χ1) is 12.2. The Bertz CT molecular complexity index is 585. The van der Waals surface area contributed by atoms with E-state index in [4.69, 9.17) is 4.99 Å². The number of benzene rings is 1. The van der Waals surface area contributed by atoms with E-state index in [0.717, 1.165) is 44.9 Å². The Hall–Kier alpha value is -2.04. The van der Waals surface area contributed by atoms with Crippen LogP contribution in [0.1, 0.15) is 50.7 Å². The first kappa shape index (κ1) is 19.3. The molecular formula is C20H32N4O. The van der Waals surface area contributed by atoms with Crippen LogP contribution in [-0.4, -0.2) is 42.4 Å². The molecule has 1 aliphatic rings. The Morgan fingerprint density at radius 2 is 2.08 bits per heavy atom. The maximum absolute atomic E-state index is 11.9. The second-order valence-corrected chi connectivity index (χ2v) is 6.59. The average molecular weight is 345 g/mol. The maximum Gasteiger partial charge on any atom is 0.222 e. The van der Waals surface area contributed by atoms with Crippen LogP contribution < -0.4 is 10.6 Å². The summed E-state index contributed by atoms with van der Waals surface area (Å²) < 4.78 is 0. The van der Waals surface area contributed by atoms with Gasteiger partial charge in [-0.1, -0.05) is 31.2 Å². The summed E-state index contributed by atoms with van der Waals surface area (Å²) in [5, 5.41) is 6.72. The van der Waals surface area contributed by atoms with E-state index in [9.17, 15) is 4.79 Å². The summed E-state index contributed by atoms with van der Waals surface area (Å²) in [6.07, 6.45) is 3.68. The molecule has 1 aliphatic heterocycles. The SMILES string of the molecule is CCNC(=NCc1ccccc1C)NCCC(CC)N1CCCC1=O. The van der Waals surface area contributed by atoms with Crippen molar-refractivity contribution >= 4 is 11.9 Å². The number of likely N-dealkylation sites (tertiary alicyclic amines) is 1. The van der Waals surface area contributed by atoms with Crippen molar-refractivity contribution in [2.24, 2.45) is 4.99 Å². The molecule has 25 heavy (non-hydrogen) atoms. The molecule has 1 aromatic carbocycles. The van der Waals surface area contributed by atoms with Crippen LogP contribution in [0.3, 0.4) is 0 Å². The third kappa shape index (κ3) is 5.76. The molecule has 138 valence electrons. The molecule has 1 amide bonds. The molecule has 5 heteroatoms. The van der Waals surface area contributed by atoms with Gasteiger partial charge in [-0.2, -0.15) is 0 Å². The molecule has 0 bridgehead atoms. The van der Waals surface area contributed by atoms with Gasteiger partial charge in [0, 0.05) is 32.1 Å². The molecule has 2 rings (SSSR count). The van der Waals surface area contributed by atoms with Crippen molar-refractivity contribution in [1.29, 1.82) is 0 Å². The number of hydrogen-bond acceptors (Lipinski definition) is 2. The standard InChI is InChI=1S/C20H32N4O/c1-4-18(24-14-8-11-19(24)25)12-13-22-20(21-5-2)23-15-17-10-7-6-9-16(17)3/h6-7,9-10,18H,4-5,8,11-15H2,1-3H3,(H2,21,22,23). The van der Waals surface area contributed by atoms with Crippen LogP contribution in [0.5, 0.6) is 0 Å². The summed E-state index contributed by atoms with van der Waals surface area (Å²) in [5.74, 6) is 1.15. The number of carbonyl (C=O) groups excluding carboxylic acids is 1. The van der Waals surface area contributed by atoms with E-state index in [1.54, 1.807) is 0 Å². The van der Waals surface area contributed by atoms with Crippen LogP contribution in [0.15, 0.2) is 29.3 Å². The van der Waals surface area contributed by atoms with Crippen molar-refractivity contribution in [3.63, 3.8) is 0 Å². The lowest BCUT2D eigenvalue weighted by molar-refractivity contribution is -0.129. The van der Waals surface area contributed by atoms with Crippen molar-refractivity contribution in [2.75, 3.05) is 19.6 Å². The Labute approximate surface area is 151 Å². The highest BCUT2D eigenvalue weighted by molar-refractivity contribution is 5.80. The van der Waals surface area contributed by atoms with E-state index in [-0.39, 0.29) is 0 Å². The van der Waals surface area contributed by atoms with Gasteiger partial charge in [0.1, 0.15) is 0 Å². The molecule has 0 aliphatic carbocycles. The number of hydrogen-bond donors (Lipinski definition) is 2. The molecule has 1 unspecified atom stereocenters. The summed E-state index contributed by atoms with van der Waals surface area (Å²) >= 11 is 0. The van der Waals surface area contributed by atoms with Gasteiger partial charge in [0.15, 0.2) is 5.96 Å². The molecule has 0 saturated carbocycles. The van der Waals surface area contributed by atoms with E-state index in [2.05, 4.69) is 60.6 Å². The minimum absolute atomic E-state index is 0.312. The minimum Gasteiger partial charge on any atom is -0.357 e. The molecule has 1 heterocycles. The molecule has 1 atom stereocenters. The Morgan fingerprint density at radius 1 is 1.28 bits per heavy atom. The fourth-order valence-electron chi connectivity index (χ4n) is 3.29. The van der Waals surface area contributed by atoms with Gasteiger partial charge in [0.05, 0.1) is 6.54 Å². The molecule has 5 nitrogen and oxygen atoms in total. The minimum atomic E-state index is 0.312. The van der Waals surface area contributed by atoms with Gasteiger partial charge >= 0.3 is 0 Å². The highest BCUT2D eigenvalue weighted by Crippen LogP contribution is 2.17. The van der Waals surface area contributed by atoms with Crippen LogP contribution in [0.4, 0.5) is 0 Å². The van der Waals surface area contributed by atoms with Crippen LogP contribution in [-0.2, 0) is 11.3 Å². The van der Waals surface area contributed by atoms with Gasteiger partial charge in [-0.15, -0.1) is 0 Å². The largest absolute Gasteiger partial charge is 0.357 e. The van der Waals surface area contributed by atoms with Crippen molar-refractivity contribution in [3.8, 4) is 0 Å². The first-order valence-corrected chi connectivity index (χ1v) is 9.51. The molecule has 0 radical (unpaired) electrons. The Morgan fingerprint density at radius 3 is 2.72 bits per heavy atom. The quantitative estimate of drug-likeness (QED) is 0.563. The van der Waals surface area contributed by atoms with E-state index in [1.165, 1.54) is 11.1 Å². The Kier molecular flexibility index (Phi) is 7.76. The highest BCUT2D eigenvalue weighted by atomic mass is 16.2. The smallest absolute Gasteiger partial charge is 0.222 e. The second-order valence-electron chi connectivity index (χ2n) is 6.59. The van der Waals surface area contributed by atoms with Gasteiger partial charge in [0.25, 0.3) is 0 Å². The van der Waals surface area contributed by atoms with E-state index < -0.39 is 0 Å². The normalized spacial score (nSPS) is 16.2. The summed E-state index contributed by atoms with van der Waals surface area (Å²) in [7, 11) is 0. The summed E-state index contributed by atoms with van der Waals surface area (Å²) in [4.78, 5) is 18.7. The van der Waals surface area contributed by atoms with Crippen molar-refractivity contribution in [1.82, 2.24) is 15.5 Å². The molecular weight excluding hydrogens is 312 g/mol. The van der Waals surface area contributed by atoms with Crippen LogP contribution in [0.2, 0.25) is 0 Å². The summed E-state index contributed by atoms with van der Waals surface area (Å²) in [6.45, 7) is 9.59. The summed E-state index contributed by atoms with van der Waals surface area (Å²) in [6, 6.07) is 8.67. The van der Waals surface area contributed by atoms with Gasteiger partial charge in [-0.05, 0) is 44.2 Å². The van der Waals surface area contributed by atoms with E-state index in [0.29, 0.717) is 24.9 Å². The zero-order chi connectivity index (χ0) is 18.1. The number of aliphatic imine (C=N–C) groups is 1. The first-order valence-electron chi connectivity index (χ1n) is 9.51. The zero-order valence-corrected chi connectivity index (χ0v) is 15.8.